The highest BCUT2D eigenvalue weighted by Crippen LogP contribution is 2.27. The Hall–Kier alpha value is -2.10. The van der Waals surface area contributed by atoms with Crippen LogP contribution in [0.3, 0.4) is 0 Å². The monoisotopic (exact) mass is 287 g/mol. The summed E-state index contributed by atoms with van der Waals surface area (Å²) in [5.74, 6) is -2.19. The summed E-state index contributed by atoms with van der Waals surface area (Å²) in [4.78, 5) is 23.6. The number of aliphatic carboxylic acids is 1. The van der Waals surface area contributed by atoms with Crippen molar-refractivity contribution < 1.29 is 14.7 Å². The first-order chi connectivity index (χ1) is 9.99. The van der Waals surface area contributed by atoms with Crippen LogP contribution in [0.4, 0.5) is 0 Å². The lowest BCUT2D eigenvalue weighted by Gasteiger charge is -2.26. The maximum atomic E-state index is 12.4. The third-order valence-electron chi connectivity index (χ3n) is 3.99. The second-order valence-electron chi connectivity index (χ2n) is 5.64. The number of carboxylic acid groups (broad SMARTS) is 1. The van der Waals surface area contributed by atoms with Gasteiger partial charge < -0.3 is 10.4 Å². The molecule has 0 radical (unpaired) electrons. The van der Waals surface area contributed by atoms with Gasteiger partial charge in [-0.05, 0) is 32.3 Å². The van der Waals surface area contributed by atoms with E-state index in [0.29, 0.717) is 12.8 Å². The summed E-state index contributed by atoms with van der Waals surface area (Å²) in [5.41, 5.74) is 2.17. The zero-order valence-electron chi connectivity index (χ0n) is 12.4. The van der Waals surface area contributed by atoms with E-state index in [4.69, 9.17) is 0 Å². The number of carbonyl (C=O) groups is 2. The van der Waals surface area contributed by atoms with Gasteiger partial charge in [0.2, 0.25) is 5.91 Å². The van der Waals surface area contributed by atoms with Crippen LogP contribution in [0, 0.1) is 18.8 Å². The summed E-state index contributed by atoms with van der Waals surface area (Å²) in [6.45, 7) is 3.92. The number of allylic oxidation sites excluding steroid dienone is 2. The quantitative estimate of drug-likeness (QED) is 0.837. The highest BCUT2D eigenvalue weighted by atomic mass is 16.4. The van der Waals surface area contributed by atoms with Gasteiger partial charge in [0.1, 0.15) is 0 Å². The number of carboxylic acids is 1. The Bertz CT molecular complexity index is 565. The lowest BCUT2D eigenvalue weighted by Crippen LogP contribution is -2.39. The van der Waals surface area contributed by atoms with E-state index in [0.717, 1.165) is 11.1 Å². The van der Waals surface area contributed by atoms with E-state index in [-0.39, 0.29) is 11.9 Å². The van der Waals surface area contributed by atoms with Crippen LogP contribution in [0.5, 0.6) is 0 Å². The summed E-state index contributed by atoms with van der Waals surface area (Å²) in [7, 11) is 0. The highest BCUT2D eigenvalue weighted by Gasteiger charge is 2.34. The standard InChI is InChI=1S/C17H21NO3/c1-11-6-5-7-13(10-11)12(2)18-16(19)14-8-3-4-9-15(14)17(20)21/h3-7,10,12,14-15H,8-9H2,1-2H3,(H,18,19)(H,20,21)/t12-,14-,15+/m1/s1. The molecule has 0 unspecified atom stereocenters. The van der Waals surface area contributed by atoms with Crippen LogP contribution >= 0.6 is 0 Å². The molecule has 0 saturated carbocycles. The van der Waals surface area contributed by atoms with Crippen LogP contribution < -0.4 is 5.32 Å². The molecule has 2 rings (SSSR count). The van der Waals surface area contributed by atoms with Gasteiger partial charge in [-0.25, -0.2) is 0 Å². The van der Waals surface area contributed by atoms with Crippen LogP contribution in [0.2, 0.25) is 0 Å². The van der Waals surface area contributed by atoms with Crippen molar-refractivity contribution in [1.82, 2.24) is 5.32 Å². The third-order valence-corrected chi connectivity index (χ3v) is 3.99. The highest BCUT2D eigenvalue weighted by molar-refractivity contribution is 5.85. The molecule has 0 aromatic heterocycles. The Morgan fingerprint density at radius 3 is 2.52 bits per heavy atom. The number of rotatable bonds is 4. The Morgan fingerprint density at radius 1 is 1.24 bits per heavy atom. The van der Waals surface area contributed by atoms with E-state index in [1.54, 1.807) is 0 Å². The van der Waals surface area contributed by atoms with Gasteiger partial charge in [0.25, 0.3) is 0 Å². The first-order valence-electron chi connectivity index (χ1n) is 7.23. The fourth-order valence-corrected chi connectivity index (χ4v) is 2.72. The second-order valence-corrected chi connectivity index (χ2v) is 5.64. The number of aryl methyl sites for hydroxylation is 1. The molecule has 4 nitrogen and oxygen atoms in total. The minimum Gasteiger partial charge on any atom is -0.481 e. The molecular formula is C17H21NO3. The Labute approximate surface area is 124 Å². The van der Waals surface area contributed by atoms with Crippen molar-refractivity contribution in [2.24, 2.45) is 11.8 Å². The van der Waals surface area contributed by atoms with Gasteiger partial charge in [-0.3, -0.25) is 9.59 Å². The number of hydrogen-bond acceptors (Lipinski definition) is 2. The van der Waals surface area contributed by atoms with E-state index in [1.165, 1.54) is 0 Å². The minimum absolute atomic E-state index is 0.127. The average molecular weight is 287 g/mol. The Kier molecular flexibility index (Phi) is 4.78. The molecule has 112 valence electrons. The first-order valence-corrected chi connectivity index (χ1v) is 7.23. The van der Waals surface area contributed by atoms with Crippen molar-refractivity contribution in [2.45, 2.75) is 32.7 Å². The smallest absolute Gasteiger partial charge is 0.307 e. The van der Waals surface area contributed by atoms with Crippen LogP contribution in [-0.2, 0) is 9.59 Å². The molecule has 1 aromatic carbocycles. The van der Waals surface area contributed by atoms with Crippen molar-refractivity contribution in [3.63, 3.8) is 0 Å². The Morgan fingerprint density at radius 2 is 1.90 bits per heavy atom. The van der Waals surface area contributed by atoms with Crippen molar-refractivity contribution in [3.05, 3.63) is 47.5 Å². The molecule has 1 amide bonds. The van der Waals surface area contributed by atoms with E-state index in [2.05, 4.69) is 5.32 Å². The molecule has 2 N–H and O–H groups in total. The van der Waals surface area contributed by atoms with Gasteiger partial charge in [-0.15, -0.1) is 0 Å². The summed E-state index contributed by atoms with van der Waals surface area (Å²) in [6, 6.07) is 7.83. The van der Waals surface area contributed by atoms with E-state index >= 15 is 0 Å². The Balaban J connectivity index is 2.06. The van der Waals surface area contributed by atoms with Crippen LogP contribution in [-0.4, -0.2) is 17.0 Å². The zero-order chi connectivity index (χ0) is 15.4. The maximum Gasteiger partial charge on any atom is 0.307 e. The summed E-state index contributed by atoms with van der Waals surface area (Å²) in [6.07, 6.45) is 4.64. The fraction of sp³-hybridized carbons (Fsp3) is 0.412. The fourth-order valence-electron chi connectivity index (χ4n) is 2.72. The zero-order valence-corrected chi connectivity index (χ0v) is 12.4. The molecule has 1 aliphatic rings. The van der Waals surface area contributed by atoms with Gasteiger partial charge in [-0.2, -0.15) is 0 Å². The van der Waals surface area contributed by atoms with Crippen molar-refractivity contribution in [1.29, 1.82) is 0 Å². The average Bonchev–Trinajstić information content (AvgIpc) is 2.47. The molecule has 0 saturated heterocycles. The van der Waals surface area contributed by atoms with Crippen LogP contribution in [0.1, 0.15) is 36.9 Å². The topological polar surface area (TPSA) is 66.4 Å². The normalized spacial score (nSPS) is 22.6. The van der Waals surface area contributed by atoms with Crippen LogP contribution in [0.15, 0.2) is 36.4 Å². The molecule has 0 aliphatic heterocycles. The lowest BCUT2D eigenvalue weighted by atomic mass is 9.82. The minimum atomic E-state index is -0.900. The molecule has 0 fully saturated rings. The molecule has 3 atom stereocenters. The third kappa shape index (κ3) is 3.72. The van der Waals surface area contributed by atoms with Gasteiger partial charge in [-0.1, -0.05) is 42.0 Å². The van der Waals surface area contributed by atoms with Gasteiger partial charge in [0.05, 0.1) is 17.9 Å². The van der Waals surface area contributed by atoms with Crippen molar-refractivity contribution >= 4 is 11.9 Å². The van der Waals surface area contributed by atoms with Crippen LogP contribution in [0.25, 0.3) is 0 Å². The molecule has 1 aliphatic carbocycles. The predicted molar refractivity (Wildman–Crippen MR) is 80.7 cm³/mol. The summed E-state index contributed by atoms with van der Waals surface area (Å²) >= 11 is 0. The number of carbonyl (C=O) groups excluding carboxylic acids is 1. The lowest BCUT2D eigenvalue weighted by molar-refractivity contribution is -0.147. The van der Waals surface area contributed by atoms with Crippen molar-refractivity contribution in [2.75, 3.05) is 0 Å². The first kappa shape index (κ1) is 15.3. The van der Waals surface area contributed by atoms with Gasteiger partial charge in [0.15, 0.2) is 0 Å². The van der Waals surface area contributed by atoms with E-state index in [9.17, 15) is 14.7 Å². The summed E-state index contributed by atoms with van der Waals surface area (Å²) in [5, 5.41) is 12.2. The van der Waals surface area contributed by atoms with E-state index < -0.39 is 17.8 Å². The van der Waals surface area contributed by atoms with E-state index in [1.807, 2.05) is 50.3 Å². The molecule has 0 heterocycles. The molecule has 1 aromatic rings. The SMILES string of the molecule is Cc1cccc([C@@H](C)NC(=O)[C@@H]2CC=CC[C@@H]2C(=O)O)c1. The maximum absolute atomic E-state index is 12.4. The summed E-state index contributed by atoms with van der Waals surface area (Å²) < 4.78 is 0. The number of nitrogens with one attached hydrogen (secondary N) is 1. The van der Waals surface area contributed by atoms with Crippen molar-refractivity contribution in [3.8, 4) is 0 Å². The molecule has 21 heavy (non-hydrogen) atoms. The molecule has 0 spiro atoms. The number of benzene rings is 1. The van der Waals surface area contributed by atoms with Gasteiger partial charge >= 0.3 is 5.97 Å². The second kappa shape index (κ2) is 6.57. The molecular weight excluding hydrogens is 266 g/mol. The molecule has 0 bridgehead atoms. The van der Waals surface area contributed by atoms with Gasteiger partial charge in [0, 0.05) is 0 Å². The number of hydrogen-bond donors (Lipinski definition) is 2. The number of amides is 1. The predicted octanol–water partition coefficient (Wildman–Crippen LogP) is 2.84. The molecule has 4 heteroatoms. The largest absolute Gasteiger partial charge is 0.481 e.